The molecule has 6 N–H and O–H groups in total. The molecule has 3 rings (SSSR count). The van der Waals surface area contributed by atoms with Crippen molar-refractivity contribution in [2.45, 2.75) is 13.2 Å². The van der Waals surface area contributed by atoms with Gasteiger partial charge in [0.25, 0.3) is 11.8 Å². The minimum Gasteiger partial charge on any atom is -0.489 e. The Morgan fingerprint density at radius 1 is 0.971 bits per heavy atom. The average Bonchev–Trinajstić information content (AvgIpc) is 2.80. The molecule has 0 radical (unpaired) electrons. The first-order chi connectivity index (χ1) is 16.2. The molecule has 0 saturated heterocycles. The first kappa shape index (κ1) is 27.4. The number of carbonyl (C=O) groups excluding carboxylic acids is 2. The number of hydrogen-bond acceptors (Lipinski definition) is 5. The molecule has 184 valence electrons. The highest BCUT2D eigenvalue weighted by molar-refractivity contribution is 6.31. The number of nitrogens with two attached hydrogens (primary N) is 2. The normalized spacial score (nSPS) is 10.1. The lowest BCUT2D eigenvalue weighted by Crippen LogP contribution is -2.25. The van der Waals surface area contributed by atoms with E-state index < -0.39 is 11.8 Å². The highest BCUT2D eigenvalue weighted by Gasteiger charge is 2.13. The molecule has 0 saturated carbocycles. The summed E-state index contributed by atoms with van der Waals surface area (Å²) in [6.07, 6.45) is 0. The zero-order chi connectivity index (χ0) is 24.7. The van der Waals surface area contributed by atoms with Gasteiger partial charge >= 0.3 is 0 Å². The largest absolute Gasteiger partial charge is 0.489 e. The van der Waals surface area contributed by atoms with Crippen molar-refractivity contribution in [1.29, 1.82) is 5.41 Å². The van der Waals surface area contributed by atoms with Gasteiger partial charge in [-0.05, 0) is 54.1 Å². The summed E-state index contributed by atoms with van der Waals surface area (Å²) in [7, 11) is 0. The van der Waals surface area contributed by atoms with Crippen LogP contribution < -0.4 is 26.3 Å². The molecule has 0 aliphatic rings. The average molecular weight is 521 g/mol. The number of amides is 2. The predicted octanol–water partition coefficient (Wildman–Crippen LogP) is 3.56. The third kappa shape index (κ3) is 8.16. The highest BCUT2D eigenvalue weighted by Crippen LogP contribution is 2.22. The molecule has 35 heavy (non-hydrogen) atoms. The highest BCUT2D eigenvalue weighted by atomic mass is 35.5. The maximum Gasteiger partial charge on any atom is 0.255 e. The molecule has 3 aromatic carbocycles. The van der Waals surface area contributed by atoms with E-state index in [-0.39, 0.29) is 49.6 Å². The van der Waals surface area contributed by atoms with E-state index in [2.05, 4.69) is 5.32 Å². The maximum absolute atomic E-state index is 13.0. The summed E-state index contributed by atoms with van der Waals surface area (Å²) in [6.45, 7) is -0.170. The molecule has 8 nitrogen and oxygen atoms in total. The molecule has 3 aromatic rings. The molecule has 0 aliphatic heterocycles. The van der Waals surface area contributed by atoms with E-state index in [1.807, 2.05) is 0 Å². The summed E-state index contributed by atoms with van der Waals surface area (Å²) in [5.74, 6) is -0.863. The van der Waals surface area contributed by atoms with E-state index in [9.17, 15) is 14.0 Å². The molecular weight excluding hydrogens is 498 g/mol. The maximum atomic E-state index is 13.0. The van der Waals surface area contributed by atoms with Gasteiger partial charge in [-0.15, -0.1) is 12.4 Å². The summed E-state index contributed by atoms with van der Waals surface area (Å²) in [4.78, 5) is 23.9. The fourth-order valence-corrected chi connectivity index (χ4v) is 3.25. The van der Waals surface area contributed by atoms with Crippen LogP contribution in [0.15, 0.2) is 60.7 Å². The summed E-state index contributed by atoms with van der Waals surface area (Å²) in [5, 5.41) is 10.7. The second-order valence-corrected chi connectivity index (χ2v) is 7.70. The van der Waals surface area contributed by atoms with Crippen LogP contribution in [0.1, 0.15) is 27.0 Å². The smallest absolute Gasteiger partial charge is 0.255 e. The lowest BCUT2D eigenvalue weighted by atomic mass is 10.1. The van der Waals surface area contributed by atoms with Crippen molar-refractivity contribution < 1.29 is 23.5 Å². The molecule has 11 heteroatoms. The standard InChI is InChI=1S/C24H22ClFN4O4.ClH/c25-18-8-14(12-33-20-5-3-19(26)4-6-20)7-17(9-18)24(32)30-11-16-2-1-15(23(28)29)10-21(16)34-13-22(27)31;/h1-10H,11-13H2,(H2,27,31)(H3,28,29)(H,30,32);1H. The molecule has 2 amide bonds. The predicted molar refractivity (Wildman–Crippen MR) is 133 cm³/mol. The van der Waals surface area contributed by atoms with Gasteiger partial charge in [0.15, 0.2) is 6.61 Å². The minimum atomic E-state index is -0.669. The van der Waals surface area contributed by atoms with Gasteiger partial charge in [-0.25, -0.2) is 4.39 Å². The van der Waals surface area contributed by atoms with Gasteiger partial charge in [0.2, 0.25) is 0 Å². The summed E-state index contributed by atoms with van der Waals surface area (Å²) in [5.41, 5.74) is 12.6. The van der Waals surface area contributed by atoms with E-state index >= 15 is 0 Å². The molecule has 0 aliphatic carbocycles. The summed E-state index contributed by atoms with van der Waals surface area (Å²) < 4.78 is 24.1. The number of benzene rings is 3. The number of halogens is 3. The van der Waals surface area contributed by atoms with Crippen molar-refractivity contribution in [2.24, 2.45) is 11.5 Å². The van der Waals surface area contributed by atoms with Crippen LogP contribution in [0.3, 0.4) is 0 Å². The van der Waals surface area contributed by atoms with Crippen LogP contribution in [0.25, 0.3) is 0 Å². The van der Waals surface area contributed by atoms with Crippen LogP contribution in [0, 0.1) is 11.2 Å². The van der Waals surface area contributed by atoms with Gasteiger partial charge in [-0.2, -0.15) is 0 Å². The van der Waals surface area contributed by atoms with Crippen LogP contribution >= 0.6 is 24.0 Å². The van der Waals surface area contributed by atoms with E-state index in [0.29, 0.717) is 33.0 Å². The van der Waals surface area contributed by atoms with Gasteiger partial charge in [-0.1, -0.05) is 23.7 Å². The lowest BCUT2D eigenvalue weighted by Gasteiger charge is -2.14. The molecular formula is C24H23Cl2FN4O4. The summed E-state index contributed by atoms with van der Waals surface area (Å²) in [6, 6.07) is 15.1. The van der Waals surface area contributed by atoms with Gasteiger partial charge in [-0.3, -0.25) is 15.0 Å². The molecule has 0 fully saturated rings. The lowest BCUT2D eigenvalue weighted by molar-refractivity contribution is -0.119. The molecule has 0 atom stereocenters. The molecule has 0 bridgehead atoms. The first-order valence-electron chi connectivity index (χ1n) is 10.1. The SMILES string of the molecule is Cl.N=C(N)c1ccc(CNC(=O)c2cc(Cl)cc(COc3ccc(F)cc3)c2)c(OCC(N)=O)c1. The van der Waals surface area contributed by atoms with Crippen LogP contribution in [-0.4, -0.2) is 24.3 Å². The zero-order valence-electron chi connectivity index (χ0n) is 18.3. The Labute approximate surface area is 212 Å². The van der Waals surface area contributed by atoms with Gasteiger partial charge in [0.05, 0.1) is 0 Å². The number of amidine groups is 1. The van der Waals surface area contributed by atoms with Crippen molar-refractivity contribution in [2.75, 3.05) is 6.61 Å². The van der Waals surface area contributed by atoms with E-state index in [1.165, 1.54) is 36.4 Å². The number of primary amides is 1. The number of nitrogens with one attached hydrogen (secondary N) is 2. The van der Waals surface area contributed by atoms with Gasteiger partial charge in [0, 0.05) is 28.3 Å². The third-order valence-corrected chi connectivity index (χ3v) is 4.84. The Morgan fingerprint density at radius 3 is 2.34 bits per heavy atom. The topological polar surface area (TPSA) is 141 Å². The van der Waals surface area contributed by atoms with Crippen molar-refractivity contribution in [3.05, 3.63) is 93.8 Å². The Hall–Kier alpha value is -3.82. The van der Waals surface area contributed by atoms with Crippen LogP contribution in [0.5, 0.6) is 11.5 Å². The Balaban J connectivity index is 0.00000432. The zero-order valence-corrected chi connectivity index (χ0v) is 19.9. The van der Waals surface area contributed by atoms with Crippen molar-refractivity contribution in [3.63, 3.8) is 0 Å². The minimum absolute atomic E-state index is 0. The Bertz CT molecular complexity index is 1220. The van der Waals surface area contributed by atoms with Crippen molar-refractivity contribution in [1.82, 2.24) is 5.32 Å². The Morgan fingerprint density at radius 2 is 1.69 bits per heavy atom. The summed E-state index contributed by atoms with van der Waals surface area (Å²) >= 11 is 6.18. The second kappa shape index (κ2) is 12.6. The molecule has 0 spiro atoms. The molecule has 0 unspecified atom stereocenters. The van der Waals surface area contributed by atoms with Gasteiger partial charge in [0.1, 0.15) is 29.8 Å². The number of ether oxygens (including phenoxy) is 2. The van der Waals surface area contributed by atoms with Crippen LogP contribution in [0.4, 0.5) is 4.39 Å². The number of rotatable bonds is 10. The monoisotopic (exact) mass is 520 g/mol. The van der Waals surface area contributed by atoms with E-state index in [1.54, 1.807) is 24.3 Å². The second-order valence-electron chi connectivity index (χ2n) is 7.26. The molecule has 0 aromatic heterocycles. The number of nitrogen functional groups attached to an aromatic ring is 1. The first-order valence-corrected chi connectivity index (χ1v) is 10.4. The van der Waals surface area contributed by atoms with Crippen LogP contribution in [0.2, 0.25) is 5.02 Å². The number of carbonyl (C=O) groups is 2. The van der Waals surface area contributed by atoms with E-state index in [4.69, 9.17) is 38.0 Å². The Kier molecular flexibility index (Phi) is 9.86. The van der Waals surface area contributed by atoms with Crippen molar-refractivity contribution >= 4 is 41.7 Å². The van der Waals surface area contributed by atoms with Crippen molar-refractivity contribution in [3.8, 4) is 11.5 Å². The molecule has 0 heterocycles. The number of hydrogen-bond donors (Lipinski definition) is 4. The fraction of sp³-hybridized carbons (Fsp3) is 0.125. The van der Waals surface area contributed by atoms with Gasteiger partial charge < -0.3 is 26.3 Å². The quantitative estimate of drug-likeness (QED) is 0.239. The van der Waals surface area contributed by atoms with E-state index in [0.717, 1.165) is 0 Å². The fourth-order valence-electron chi connectivity index (χ4n) is 2.99. The third-order valence-electron chi connectivity index (χ3n) is 4.63. The van der Waals surface area contributed by atoms with Crippen LogP contribution in [-0.2, 0) is 17.9 Å².